The molecule has 0 aliphatic carbocycles. The first-order valence-corrected chi connectivity index (χ1v) is 8.86. The minimum Gasteiger partial charge on any atom is -0.336 e. The van der Waals surface area contributed by atoms with Crippen LogP contribution in [0.1, 0.15) is 22.5 Å². The zero-order valence-corrected chi connectivity index (χ0v) is 15.3. The molecule has 2 aliphatic rings. The maximum atomic E-state index is 12.5. The van der Waals surface area contributed by atoms with Crippen molar-refractivity contribution in [3.8, 4) is 0 Å². The second-order valence-corrected chi connectivity index (χ2v) is 7.27. The number of hydrogen-bond acceptors (Lipinski definition) is 4. The third-order valence-corrected chi connectivity index (χ3v) is 5.71. The zero-order valence-electron chi connectivity index (χ0n) is 12.1. The van der Waals surface area contributed by atoms with Crippen LogP contribution in [-0.4, -0.2) is 60.4 Å². The van der Waals surface area contributed by atoms with E-state index in [0.717, 1.165) is 41.8 Å². The number of likely N-dealkylation sites (tertiary alicyclic amines) is 1. The fraction of sp³-hybridized carbons (Fsp3) is 0.571. The predicted octanol–water partition coefficient (Wildman–Crippen LogP) is 1.97. The van der Waals surface area contributed by atoms with Gasteiger partial charge in [-0.05, 0) is 34.8 Å². The van der Waals surface area contributed by atoms with Gasteiger partial charge in [0.1, 0.15) is 0 Å². The summed E-state index contributed by atoms with van der Waals surface area (Å²) in [6, 6.07) is 2.03. The van der Waals surface area contributed by atoms with Gasteiger partial charge in [0.25, 0.3) is 5.91 Å². The van der Waals surface area contributed by atoms with Crippen LogP contribution in [-0.2, 0) is 4.79 Å². The van der Waals surface area contributed by atoms with Gasteiger partial charge >= 0.3 is 0 Å². The van der Waals surface area contributed by atoms with Crippen LogP contribution in [0.25, 0.3) is 0 Å². The lowest BCUT2D eigenvalue weighted by molar-refractivity contribution is -0.135. The van der Waals surface area contributed by atoms with E-state index in [9.17, 15) is 9.59 Å². The standard InChI is InChI=1S/C14H18BrN3O2S.ClH/c15-10-6-12(21-9-10)14(20)17-4-1-2-11(8-17)18-5-3-16-7-13(18)19;/h6,9,11,16H,1-5,7-8H2;1H. The molecular weight excluding hydrogens is 390 g/mol. The van der Waals surface area contributed by atoms with Gasteiger partial charge in [0, 0.05) is 42.1 Å². The fourth-order valence-electron chi connectivity index (χ4n) is 2.98. The fourth-order valence-corrected chi connectivity index (χ4v) is 4.38. The molecule has 3 rings (SSSR count). The minimum absolute atomic E-state index is 0. The van der Waals surface area contributed by atoms with Gasteiger partial charge in [-0.3, -0.25) is 9.59 Å². The lowest BCUT2D eigenvalue weighted by atomic mass is 10.0. The van der Waals surface area contributed by atoms with Crippen LogP contribution in [0.2, 0.25) is 0 Å². The number of hydrogen-bond donors (Lipinski definition) is 1. The van der Waals surface area contributed by atoms with Gasteiger partial charge in [-0.15, -0.1) is 23.7 Å². The van der Waals surface area contributed by atoms with Crippen molar-refractivity contribution in [3.63, 3.8) is 0 Å². The Bertz CT molecular complexity index is 554. The number of carbonyl (C=O) groups is 2. The average Bonchev–Trinajstić information content (AvgIpc) is 2.94. The van der Waals surface area contributed by atoms with Crippen LogP contribution in [0.15, 0.2) is 15.9 Å². The van der Waals surface area contributed by atoms with E-state index in [2.05, 4.69) is 21.2 Å². The molecule has 0 saturated carbocycles. The molecule has 2 aliphatic heterocycles. The molecule has 8 heteroatoms. The smallest absolute Gasteiger partial charge is 0.264 e. The van der Waals surface area contributed by atoms with Crippen LogP contribution in [0.3, 0.4) is 0 Å². The van der Waals surface area contributed by atoms with Crippen molar-refractivity contribution in [3.05, 3.63) is 20.8 Å². The molecule has 0 aromatic carbocycles. The molecule has 1 N–H and O–H groups in total. The molecule has 2 fully saturated rings. The number of halogens is 2. The molecule has 5 nitrogen and oxygen atoms in total. The molecular formula is C14H19BrClN3O2S. The first kappa shape index (κ1) is 17.7. The molecule has 1 unspecified atom stereocenters. The van der Waals surface area contributed by atoms with E-state index in [1.807, 2.05) is 21.2 Å². The number of piperidine rings is 1. The van der Waals surface area contributed by atoms with Gasteiger partial charge < -0.3 is 15.1 Å². The topological polar surface area (TPSA) is 52.7 Å². The Labute approximate surface area is 148 Å². The van der Waals surface area contributed by atoms with Crippen LogP contribution in [0, 0.1) is 0 Å². The second-order valence-electron chi connectivity index (χ2n) is 5.44. The number of thiophene rings is 1. The molecule has 3 heterocycles. The summed E-state index contributed by atoms with van der Waals surface area (Å²) >= 11 is 4.85. The first-order chi connectivity index (χ1) is 10.1. The molecule has 1 aromatic rings. The first-order valence-electron chi connectivity index (χ1n) is 7.18. The van der Waals surface area contributed by atoms with Crippen molar-refractivity contribution in [1.29, 1.82) is 0 Å². The SMILES string of the molecule is Cl.O=C(c1cc(Br)cs1)N1CCCC(N2CCNCC2=O)C1. The summed E-state index contributed by atoms with van der Waals surface area (Å²) in [4.78, 5) is 29.1. The Morgan fingerprint density at radius 2 is 2.23 bits per heavy atom. The lowest BCUT2D eigenvalue weighted by Gasteiger charge is -2.41. The third-order valence-electron chi connectivity index (χ3n) is 4.03. The third kappa shape index (κ3) is 3.82. The van der Waals surface area contributed by atoms with E-state index in [4.69, 9.17) is 0 Å². The van der Waals surface area contributed by atoms with E-state index in [-0.39, 0.29) is 30.3 Å². The maximum Gasteiger partial charge on any atom is 0.264 e. The number of rotatable bonds is 2. The van der Waals surface area contributed by atoms with E-state index in [1.54, 1.807) is 0 Å². The average molecular weight is 409 g/mol. The highest BCUT2D eigenvalue weighted by Gasteiger charge is 2.32. The van der Waals surface area contributed by atoms with Gasteiger partial charge in [0.15, 0.2) is 0 Å². The van der Waals surface area contributed by atoms with Crippen molar-refractivity contribution in [2.45, 2.75) is 18.9 Å². The Morgan fingerprint density at radius 1 is 1.41 bits per heavy atom. The van der Waals surface area contributed by atoms with Crippen LogP contribution >= 0.6 is 39.7 Å². The summed E-state index contributed by atoms with van der Waals surface area (Å²) < 4.78 is 0.946. The highest BCUT2D eigenvalue weighted by Crippen LogP contribution is 2.24. The summed E-state index contributed by atoms with van der Waals surface area (Å²) in [6.45, 7) is 3.44. The number of nitrogens with one attached hydrogen (secondary N) is 1. The normalized spacial score (nSPS) is 22.4. The Morgan fingerprint density at radius 3 is 2.91 bits per heavy atom. The molecule has 2 amide bonds. The molecule has 22 heavy (non-hydrogen) atoms. The van der Waals surface area contributed by atoms with Gasteiger partial charge in [-0.1, -0.05) is 0 Å². The molecule has 0 spiro atoms. The highest BCUT2D eigenvalue weighted by atomic mass is 79.9. The molecule has 1 atom stereocenters. The van der Waals surface area contributed by atoms with Gasteiger partial charge in [0.05, 0.1) is 11.4 Å². The quantitative estimate of drug-likeness (QED) is 0.814. The highest BCUT2D eigenvalue weighted by molar-refractivity contribution is 9.10. The molecule has 0 bridgehead atoms. The summed E-state index contributed by atoms with van der Waals surface area (Å²) in [5.74, 6) is 0.234. The lowest BCUT2D eigenvalue weighted by Crippen LogP contribution is -2.57. The molecule has 1 aromatic heterocycles. The van der Waals surface area contributed by atoms with Crippen molar-refractivity contribution < 1.29 is 9.59 Å². The van der Waals surface area contributed by atoms with Crippen molar-refractivity contribution >= 4 is 51.5 Å². The zero-order chi connectivity index (χ0) is 14.8. The molecule has 122 valence electrons. The molecule has 2 saturated heterocycles. The maximum absolute atomic E-state index is 12.5. The van der Waals surface area contributed by atoms with Crippen molar-refractivity contribution in [1.82, 2.24) is 15.1 Å². The van der Waals surface area contributed by atoms with Gasteiger partial charge in [0.2, 0.25) is 5.91 Å². The van der Waals surface area contributed by atoms with E-state index in [1.165, 1.54) is 11.3 Å². The second kappa shape index (κ2) is 7.77. The van der Waals surface area contributed by atoms with Crippen molar-refractivity contribution in [2.24, 2.45) is 0 Å². The molecule has 0 radical (unpaired) electrons. The monoisotopic (exact) mass is 407 g/mol. The van der Waals surface area contributed by atoms with E-state index >= 15 is 0 Å². The summed E-state index contributed by atoms with van der Waals surface area (Å²) in [5.41, 5.74) is 0. The Kier molecular flexibility index (Phi) is 6.26. The summed E-state index contributed by atoms with van der Waals surface area (Å²) in [7, 11) is 0. The number of carbonyl (C=O) groups excluding carboxylic acids is 2. The number of piperazine rings is 1. The predicted molar refractivity (Wildman–Crippen MR) is 92.8 cm³/mol. The van der Waals surface area contributed by atoms with Gasteiger partial charge in [-0.25, -0.2) is 0 Å². The van der Waals surface area contributed by atoms with Crippen LogP contribution in [0.5, 0.6) is 0 Å². The number of amides is 2. The van der Waals surface area contributed by atoms with Crippen LogP contribution in [0.4, 0.5) is 0 Å². The minimum atomic E-state index is 0. The summed E-state index contributed by atoms with van der Waals surface area (Å²) in [6.07, 6.45) is 1.95. The van der Waals surface area contributed by atoms with Gasteiger partial charge in [-0.2, -0.15) is 0 Å². The summed E-state index contributed by atoms with van der Waals surface area (Å²) in [5, 5.41) is 5.02. The largest absolute Gasteiger partial charge is 0.336 e. The van der Waals surface area contributed by atoms with E-state index < -0.39 is 0 Å². The van der Waals surface area contributed by atoms with Crippen LogP contribution < -0.4 is 5.32 Å². The Hall–Kier alpha value is -0.630. The number of nitrogens with zero attached hydrogens (tertiary/aromatic N) is 2. The van der Waals surface area contributed by atoms with Crippen molar-refractivity contribution in [2.75, 3.05) is 32.7 Å². The van der Waals surface area contributed by atoms with E-state index in [0.29, 0.717) is 13.1 Å². The Balaban J connectivity index is 0.00000176.